The Bertz CT molecular complexity index is 324. The second-order valence-corrected chi connectivity index (χ2v) is 5.64. The lowest BCUT2D eigenvalue weighted by Gasteiger charge is -2.35. The minimum absolute atomic E-state index is 0.391. The molecule has 0 amide bonds. The summed E-state index contributed by atoms with van der Waals surface area (Å²) >= 11 is 5.90. The quantitative estimate of drug-likeness (QED) is 0.637. The van der Waals surface area contributed by atoms with Crippen LogP contribution >= 0.6 is 11.6 Å². The van der Waals surface area contributed by atoms with E-state index in [0.717, 1.165) is 5.02 Å². The van der Waals surface area contributed by atoms with Gasteiger partial charge >= 0.3 is 0 Å². The maximum absolute atomic E-state index is 5.90. The molecular weight excluding hydrogens is 204 g/mol. The van der Waals surface area contributed by atoms with E-state index in [2.05, 4.69) is 32.4 Å². The summed E-state index contributed by atoms with van der Waals surface area (Å²) in [6.45, 7) is 4.66. The zero-order valence-electron chi connectivity index (χ0n) is 9.46. The van der Waals surface area contributed by atoms with Crippen LogP contribution in [0, 0.1) is 11.8 Å². The van der Waals surface area contributed by atoms with Crippen LogP contribution in [0.2, 0.25) is 5.02 Å². The molecule has 1 heteroatoms. The zero-order valence-corrected chi connectivity index (χ0v) is 10.2. The van der Waals surface area contributed by atoms with Gasteiger partial charge in [-0.25, -0.2) is 0 Å². The zero-order chi connectivity index (χ0) is 10.9. The average molecular weight is 222 g/mol. The molecule has 1 aromatic carbocycles. The topological polar surface area (TPSA) is 0 Å². The highest BCUT2D eigenvalue weighted by molar-refractivity contribution is 6.30. The molecule has 0 unspecified atom stereocenters. The fraction of sp³-hybridized carbons (Fsp3) is 0.500. The van der Waals surface area contributed by atoms with Gasteiger partial charge in [0.15, 0.2) is 0 Å². The number of hydrogen-bond donors (Lipinski definition) is 0. The van der Waals surface area contributed by atoms with Crippen LogP contribution in [0.3, 0.4) is 0 Å². The predicted molar refractivity (Wildman–Crippen MR) is 66.1 cm³/mol. The van der Waals surface area contributed by atoms with Crippen LogP contribution in [0.1, 0.15) is 44.6 Å². The van der Waals surface area contributed by atoms with Crippen molar-refractivity contribution in [3.63, 3.8) is 0 Å². The van der Waals surface area contributed by atoms with Gasteiger partial charge in [0.2, 0.25) is 0 Å². The van der Waals surface area contributed by atoms with Gasteiger partial charge in [0.1, 0.15) is 0 Å². The molecule has 1 aromatic rings. The van der Waals surface area contributed by atoms with Crippen LogP contribution in [-0.4, -0.2) is 0 Å². The molecule has 1 atom stereocenters. The summed E-state index contributed by atoms with van der Waals surface area (Å²) in [4.78, 5) is 0. The number of benzene rings is 1. The van der Waals surface area contributed by atoms with Crippen LogP contribution in [0.4, 0.5) is 0 Å². The Kier molecular flexibility index (Phi) is 3.06. The average Bonchev–Trinajstić information content (AvgIpc) is 2.17. The predicted octanol–water partition coefficient (Wildman–Crippen LogP) is 4.84. The van der Waals surface area contributed by atoms with E-state index in [1.807, 2.05) is 12.1 Å². The number of halogens is 1. The SMILES string of the molecule is CC1(C)[CH][C@H](c2ccc(Cl)cc2)CCC1. The van der Waals surface area contributed by atoms with Gasteiger partial charge in [-0.1, -0.05) is 44.0 Å². The van der Waals surface area contributed by atoms with E-state index in [1.165, 1.54) is 24.8 Å². The van der Waals surface area contributed by atoms with E-state index in [4.69, 9.17) is 11.6 Å². The molecule has 0 saturated heterocycles. The van der Waals surface area contributed by atoms with Crippen molar-refractivity contribution in [2.75, 3.05) is 0 Å². The molecule has 1 aliphatic carbocycles. The van der Waals surface area contributed by atoms with Crippen molar-refractivity contribution >= 4 is 11.6 Å². The first kappa shape index (κ1) is 11.0. The molecule has 0 nitrogen and oxygen atoms in total. The molecular formula is C14H18Cl. The van der Waals surface area contributed by atoms with Crippen molar-refractivity contribution in [1.82, 2.24) is 0 Å². The van der Waals surface area contributed by atoms with Crippen molar-refractivity contribution in [2.45, 2.75) is 39.0 Å². The molecule has 0 aliphatic heterocycles. The van der Waals surface area contributed by atoms with Gasteiger partial charge in [-0.05, 0) is 48.3 Å². The van der Waals surface area contributed by atoms with E-state index >= 15 is 0 Å². The maximum atomic E-state index is 5.90. The molecule has 81 valence electrons. The summed E-state index contributed by atoms with van der Waals surface area (Å²) in [7, 11) is 0. The van der Waals surface area contributed by atoms with Crippen molar-refractivity contribution in [3.8, 4) is 0 Å². The third-order valence-corrected chi connectivity index (χ3v) is 3.54. The van der Waals surface area contributed by atoms with Gasteiger partial charge in [0.25, 0.3) is 0 Å². The molecule has 0 heterocycles. The Hall–Kier alpha value is -0.490. The Morgan fingerprint density at radius 3 is 2.47 bits per heavy atom. The Balaban J connectivity index is 2.13. The first-order valence-corrected chi connectivity index (χ1v) is 6.06. The van der Waals surface area contributed by atoms with Gasteiger partial charge in [0.05, 0.1) is 0 Å². The Labute approximate surface area is 97.6 Å². The van der Waals surface area contributed by atoms with Gasteiger partial charge < -0.3 is 0 Å². The lowest BCUT2D eigenvalue weighted by atomic mass is 9.70. The van der Waals surface area contributed by atoms with Crippen molar-refractivity contribution < 1.29 is 0 Å². The van der Waals surface area contributed by atoms with Crippen molar-refractivity contribution in [1.29, 1.82) is 0 Å². The van der Waals surface area contributed by atoms with Crippen LogP contribution in [0.15, 0.2) is 24.3 Å². The number of rotatable bonds is 1. The van der Waals surface area contributed by atoms with Crippen LogP contribution in [0.25, 0.3) is 0 Å². The lowest BCUT2D eigenvalue weighted by molar-refractivity contribution is 0.306. The van der Waals surface area contributed by atoms with E-state index < -0.39 is 0 Å². The summed E-state index contributed by atoms with van der Waals surface area (Å²) in [6.07, 6.45) is 6.43. The molecule has 1 saturated carbocycles. The molecule has 0 spiro atoms. The molecule has 1 aliphatic rings. The fourth-order valence-electron chi connectivity index (χ4n) is 2.46. The highest BCUT2D eigenvalue weighted by Crippen LogP contribution is 2.42. The van der Waals surface area contributed by atoms with E-state index in [1.54, 1.807) is 0 Å². The largest absolute Gasteiger partial charge is 0.0843 e. The second kappa shape index (κ2) is 4.17. The van der Waals surface area contributed by atoms with Gasteiger partial charge in [-0.15, -0.1) is 0 Å². The highest BCUT2D eigenvalue weighted by Gasteiger charge is 2.28. The molecule has 15 heavy (non-hydrogen) atoms. The summed E-state index contributed by atoms with van der Waals surface area (Å²) < 4.78 is 0. The Morgan fingerprint density at radius 1 is 1.20 bits per heavy atom. The van der Waals surface area contributed by atoms with E-state index in [9.17, 15) is 0 Å². The smallest absolute Gasteiger partial charge is 0.0406 e. The number of hydrogen-bond acceptors (Lipinski definition) is 0. The van der Waals surface area contributed by atoms with Crippen molar-refractivity contribution in [2.24, 2.45) is 5.41 Å². The van der Waals surface area contributed by atoms with E-state index in [0.29, 0.717) is 11.3 Å². The normalized spacial score (nSPS) is 25.1. The summed E-state index contributed by atoms with van der Waals surface area (Å²) in [5.74, 6) is 0.617. The molecule has 2 rings (SSSR count). The monoisotopic (exact) mass is 221 g/mol. The third-order valence-electron chi connectivity index (χ3n) is 3.29. The van der Waals surface area contributed by atoms with Gasteiger partial charge in [-0.2, -0.15) is 0 Å². The van der Waals surface area contributed by atoms with Crippen LogP contribution < -0.4 is 0 Å². The minimum atomic E-state index is 0.391. The van der Waals surface area contributed by atoms with Gasteiger partial charge in [0, 0.05) is 5.02 Å². The van der Waals surface area contributed by atoms with Gasteiger partial charge in [-0.3, -0.25) is 0 Å². The minimum Gasteiger partial charge on any atom is -0.0843 e. The first-order valence-electron chi connectivity index (χ1n) is 5.68. The molecule has 0 aromatic heterocycles. The van der Waals surface area contributed by atoms with Crippen molar-refractivity contribution in [3.05, 3.63) is 41.3 Å². The molecule has 0 bridgehead atoms. The highest BCUT2D eigenvalue weighted by atomic mass is 35.5. The summed E-state index contributed by atoms with van der Waals surface area (Å²) in [6, 6.07) is 8.30. The third kappa shape index (κ3) is 2.75. The van der Waals surface area contributed by atoms with E-state index in [-0.39, 0.29) is 0 Å². The molecule has 0 N–H and O–H groups in total. The molecule has 1 radical (unpaired) electrons. The van der Waals surface area contributed by atoms with Crippen LogP contribution in [-0.2, 0) is 0 Å². The Morgan fingerprint density at radius 2 is 1.87 bits per heavy atom. The summed E-state index contributed by atoms with van der Waals surface area (Å²) in [5, 5.41) is 0.828. The summed E-state index contributed by atoms with van der Waals surface area (Å²) in [5.41, 5.74) is 1.80. The second-order valence-electron chi connectivity index (χ2n) is 5.21. The fourth-order valence-corrected chi connectivity index (χ4v) is 2.59. The first-order chi connectivity index (χ1) is 7.07. The van der Waals surface area contributed by atoms with Crippen LogP contribution in [0.5, 0.6) is 0 Å². The lowest BCUT2D eigenvalue weighted by Crippen LogP contribution is -2.22. The maximum Gasteiger partial charge on any atom is 0.0406 e. The standard InChI is InChI=1S/C14H18Cl/c1-14(2)9-3-4-12(10-14)11-5-7-13(15)8-6-11/h5-8,10,12H,3-4,9H2,1-2H3/t12-/m1/s1. The molecule has 1 fully saturated rings.